The van der Waals surface area contributed by atoms with Crippen molar-refractivity contribution in [2.24, 2.45) is 5.92 Å². The number of nitrogens with one attached hydrogen (secondary N) is 2. The van der Waals surface area contributed by atoms with E-state index < -0.39 is 0 Å². The summed E-state index contributed by atoms with van der Waals surface area (Å²) in [5, 5.41) is 6.26. The van der Waals surface area contributed by atoms with Crippen molar-refractivity contribution in [2.75, 3.05) is 65.6 Å². The van der Waals surface area contributed by atoms with Crippen molar-refractivity contribution < 1.29 is 14.3 Å². The third-order valence-electron chi connectivity index (χ3n) is 5.02. The first kappa shape index (κ1) is 17.4. The molecule has 2 amide bonds. The number of rotatable bonds is 6. The van der Waals surface area contributed by atoms with Gasteiger partial charge < -0.3 is 20.3 Å². The van der Waals surface area contributed by atoms with Gasteiger partial charge in [-0.05, 0) is 13.0 Å². The highest BCUT2D eigenvalue weighted by Gasteiger charge is 2.34. The number of hydrogen-bond acceptors (Lipinski definition) is 5. The minimum absolute atomic E-state index is 0.0108. The van der Waals surface area contributed by atoms with E-state index in [1.54, 1.807) is 0 Å². The van der Waals surface area contributed by atoms with Gasteiger partial charge in [0.05, 0.1) is 19.1 Å². The average molecular weight is 336 g/mol. The lowest BCUT2D eigenvalue weighted by molar-refractivity contribution is -0.129. The molecule has 3 rings (SSSR count). The summed E-state index contributed by atoms with van der Waals surface area (Å²) in [5.41, 5.74) is 1.27. The molecule has 1 atom stereocenters. The molecule has 0 saturated carbocycles. The first-order valence-corrected chi connectivity index (χ1v) is 8.96. The molecule has 1 unspecified atom stereocenters. The summed E-state index contributed by atoms with van der Waals surface area (Å²) in [6.45, 7) is 7.97. The Hall–Kier alpha value is -1.44. The number of carbonyl (C=O) groups is 2. The van der Waals surface area contributed by atoms with Crippen molar-refractivity contribution in [3.8, 4) is 0 Å². The molecule has 0 bridgehead atoms. The van der Waals surface area contributed by atoms with Gasteiger partial charge in [0.15, 0.2) is 0 Å². The van der Waals surface area contributed by atoms with Crippen LogP contribution in [-0.4, -0.2) is 87.2 Å². The van der Waals surface area contributed by atoms with Gasteiger partial charge in [-0.15, -0.1) is 0 Å². The lowest BCUT2D eigenvalue weighted by atomic mass is 10.1. The Labute approximate surface area is 143 Å². The summed E-state index contributed by atoms with van der Waals surface area (Å²) in [5.74, 6) is -0.0920. The maximum absolute atomic E-state index is 12.3. The number of likely N-dealkylation sites (tertiary alicyclic amines) is 1. The first-order valence-electron chi connectivity index (χ1n) is 8.96. The van der Waals surface area contributed by atoms with E-state index in [0.717, 1.165) is 52.4 Å². The third-order valence-corrected chi connectivity index (χ3v) is 5.02. The minimum atomic E-state index is -0.204. The van der Waals surface area contributed by atoms with E-state index in [9.17, 15) is 9.59 Å². The fourth-order valence-corrected chi connectivity index (χ4v) is 3.43. The van der Waals surface area contributed by atoms with Crippen LogP contribution in [0.1, 0.15) is 12.8 Å². The van der Waals surface area contributed by atoms with Crippen LogP contribution in [0.2, 0.25) is 0 Å². The summed E-state index contributed by atoms with van der Waals surface area (Å²) in [7, 11) is 0. The molecule has 134 valence electrons. The Balaban J connectivity index is 1.40. The number of morpholine rings is 1. The van der Waals surface area contributed by atoms with Crippen molar-refractivity contribution in [1.29, 1.82) is 0 Å². The van der Waals surface area contributed by atoms with Crippen LogP contribution in [0.4, 0.5) is 0 Å². The molecule has 7 heteroatoms. The van der Waals surface area contributed by atoms with Gasteiger partial charge in [0.1, 0.15) is 0 Å². The summed E-state index contributed by atoms with van der Waals surface area (Å²) >= 11 is 0. The zero-order chi connectivity index (χ0) is 16.8. The van der Waals surface area contributed by atoms with Crippen LogP contribution in [0, 0.1) is 5.92 Å². The van der Waals surface area contributed by atoms with Gasteiger partial charge in [0.25, 0.3) is 0 Å². The van der Waals surface area contributed by atoms with E-state index in [0.29, 0.717) is 26.1 Å². The van der Waals surface area contributed by atoms with Crippen LogP contribution in [0.25, 0.3) is 0 Å². The van der Waals surface area contributed by atoms with E-state index in [4.69, 9.17) is 4.74 Å². The predicted octanol–water partition coefficient (Wildman–Crippen LogP) is -0.797. The Morgan fingerprint density at radius 2 is 2.17 bits per heavy atom. The number of hydrogen-bond donors (Lipinski definition) is 2. The van der Waals surface area contributed by atoms with Gasteiger partial charge in [-0.25, -0.2) is 0 Å². The molecule has 3 aliphatic rings. The lowest BCUT2D eigenvalue weighted by Crippen LogP contribution is -2.42. The molecule has 2 N–H and O–H groups in total. The standard InChI is InChI=1S/C17H28N4O3/c22-16-11-15(17(23)19-12-14-1-3-18-4-2-14)13-21(16)6-5-20-7-9-24-10-8-20/h1,15,18H,2-13H2,(H,19,23). The zero-order valence-corrected chi connectivity index (χ0v) is 14.3. The molecular weight excluding hydrogens is 308 g/mol. The number of ether oxygens (including phenoxy) is 1. The van der Waals surface area contributed by atoms with Crippen molar-refractivity contribution in [3.63, 3.8) is 0 Å². The van der Waals surface area contributed by atoms with Crippen LogP contribution < -0.4 is 10.6 Å². The molecule has 3 heterocycles. The van der Waals surface area contributed by atoms with Crippen molar-refractivity contribution >= 4 is 11.8 Å². The molecule has 24 heavy (non-hydrogen) atoms. The number of nitrogens with zero attached hydrogens (tertiary/aromatic N) is 2. The second kappa shape index (κ2) is 8.60. The van der Waals surface area contributed by atoms with Gasteiger partial charge in [-0.1, -0.05) is 11.6 Å². The second-order valence-electron chi connectivity index (χ2n) is 6.73. The van der Waals surface area contributed by atoms with Crippen LogP contribution in [0.3, 0.4) is 0 Å². The average Bonchev–Trinajstić information content (AvgIpc) is 3.00. The van der Waals surface area contributed by atoms with Crippen molar-refractivity contribution in [2.45, 2.75) is 12.8 Å². The highest BCUT2D eigenvalue weighted by molar-refractivity contribution is 5.89. The Bertz CT molecular complexity index is 488. The summed E-state index contributed by atoms with van der Waals surface area (Å²) in [6.07, 6.45) is 3.46. The van der Waals surface area contributed by atoms with Crippen LogP contribution in [-0.2, 0) is 14.3 Å². The quantitative estimate of drug-likeness (QED) is 0.622. The van der Waals surface area contributed by atoms with E-state index in [1.165, 1.54) is 5.57 Å². The molecular formula is C17H28N4O3. The minimum Gasteiger partial charge on any atom is -0.379 e. The SMILES string of the molecule is O=C(NCC1=CCNCC1)C1CC(=O)N(CCN2CCOCC2)C1. The summed E-state index contributed by atoms with van der Waals surface area (Å²) in [4.78, 5) is 28.6. The normalized spacial score (nSPS) is 25.7. The van der Waals surface area contributed by atoms with E-state index in [1.807, 2.05) is 4.90 Å². The summed E-state index contributed by atoms with van der Waals surface area (Å²) < 4.78 is 5.33. The summed E-state index contributed by atoms with van der Waals surface area (Å²) in [6, 6.07) is 0. The van der Waals surface area contributed by atoms with Crippen LogP contribution in [0.5, 0.6) is 0 Å². The molecule has 0 aromatic carbocycles. The lowest BCUT2D eigenvalue weighted by Gasteiger charge is -2.28. The van der Waals surface area contributed by atoms with Gasteiger partial charge in [0, 0.05) is 52.2 Å². The molecule has 0 radical (unpaired) electrons. The Morgan fingerprint density at radius 3 is 2.92 bits per heavy atom. The molecule has 2 saturated heterocycles. The van der Waals surface area contributed by atoms with E-state index in [-0.39, 0.29) is 17.7 Å². The maximum atomic E-state index is 12.3. The number of amides is 2. The topological polar surface area (TPSA) is 73.9 Å². The molecule has 2 fully saturated rings. The third kappa shape index (κ3) is 4.78. The fraction of sp³-hybridized carbons (Fsp3) is 0.765. The van der Waals surface area contributed by atoms with Crippen molar-refractivity contribution in [3.05, 3.63) is 11.6 Å². The highest BCUT2D eigenvalue weighted by atomic mass is 16.5. The van der Waals surface area contributed by atoms with Crippen LogP contribution in [0.15, 0.2) is 11.6 Å². The van der Waals surface area contributed by atoms with E-state index in [2.05, 4.69) is 21.6 Å². The molecule has 0 aromatic rings. The monoisotopic (exact) mass is 336 g/mol. The first-order chi connectivity index (χ1) is 11.7. The molecule has 0 aromatic heterocycles. The predicted molar refractivity (Wildman–Crippen MR) is 90.5 cm³/mol. The fourth-order valence-electron chi connectivity index (χ4n) is 3.43. The molecule has 7 nitrogen and oxygen atoms in total. The second-order valence-corrected chi connectivity index (χ2v) is 6.73. The van der Waals surface area contributed by atoms with Crippen LogP contribution >= 0.6 is 0 Å². The smallest absolute Gasteiger partial charge is 0.225 e. The van der Waals surface area contributed by atoms with Crippen molar-refractivity contribution in [1.82, 2.24) is 20.4 Å². The maximum Gasteiger partial charge on any atom is 0.225 e. The zero-order valence-electron chi connectivity index (χ0n) is 14.3. The Morgan fingerprint density at radius 1 is 1.33 bits per heavy atom. The molecule has 0 aliphatic carbocycles. The van der Waals surface area contributed by atoms with Gasteiger partial charge in [0.2, 0.25) is 11.8 Å². The number of carbonyl (C=O) groups excluding carboxylic acids is 2. The highest BCUT2D eigenvalue weighted by Crippen LogP contribution is 2.18. The Kier molecular flexibility index (Phi) is 6.23. The van der Waals surface area contributed by atoms with Gasteiger partial charge >= 0.3 is 0 Å². The largest absolute Gasteiger partial charge is 0.379 e. The van der Waals surface area contributed by atoms with Gasteiger partial charge in [-0.3, -0.25) is 14.5 Å². The molecule has 3 aliphatic heterocycles. The van der Waals surface area contributed by atoms with Gasteiger partial charge in [-0.2, -0.15) is 0 Å². The van der Waals surface area contributed by atoms with E-state index >= 15 is 0 Å². The molecule has 0 spiro atoms.